The number of aliphatic imine (C=N–C) groups is 1. The largest absolute Gasteiger partial charge is 0.573 e. The highest BCUT2D eigenvalue weighted by molar-refractivity contribution is 8.14. The summed E-state index contributed by atoms with van der Waals surface area (Å²) in [5, 5.41) is 5.25. The number of para-hydroxylation sites is 1. The van der Waals surface area contributed by atoms with Gasteiger partial charge in [0.05, 0.1) is 5.69 Å². The van der Waals surface area contributed by atoms with Crippen molar-refractivity contribution in [2.45, 2.75) is 44.9 Å². The van der Waals surface area contributed by atoms with Crippen molar-refractivity contribution in [3.05, 3.63) is 89.7 Å². The maximum absolute atomic E-state index is 13.2. The fraction of sp³-hybridized carbons (Fsp3) is 0.290. The van der Waals surface area contributed by atoms with Crippen molar-refractivity contribution in [1.82, 2.24) is 14.8 Å². The number of hydrogen-bond acceptors (Lipinski definition) is 5. The molecule has 1 aromatic heterocycles. The SMILES string of the molecule is Cc1cccc(C)c1N1CCSC1=NC(=O)CC1(c2ccc(-c3ncn(-c4ccc(OC(F)(F)F)cc4)n3)cc2)CC1. The summed E-state index contributed by atoms with van der Waals surface area (Å²) in [6.45, 7) is 5.00. The second-order valence-electron chi connectivity index (χ2n) is 10.6. The zero-order valence-electron chi connectivity index (χ0n) is 23.1. The average Bonchev–Trinajstić information content (AvgIpc) is 3.33. The van der Waals surface area contributed by atoms with Crippen LogP contribution < -0.4 is 9.64 Å². The van der Waals surface area contributed by atoms with E-state index in [4.69, 9.17) is 0 Å². The smallest absolute Gasteiger partial charge is 0.406 e. The molecule has 216 valence electrons. The van der Waals surface area contributed by atoms with E-state index >= 15 is 0 Å². The van der Waals surface area contributed by atoms with E-state index in [0.29, 0.717) is 17.9 Å². The highest BCUT2D eigenvalue weighted by atomic mass is 32.2. The molecule has 1 amide bonds. The maximum atomic E-state index is 13.2. The third kappa shape index (κ3) is 5.92. The number of rotatable bonds is 7. The highest BCUT2D eigenvalue weighted by Gasteiger charge is 2.46. The van der Waals surface area contributed by atoms with Gasteiger partial charge in [0.25, 0.3) is 0 Å². The Hall–Kier alpha value is -4.12. The fourth-order valence-corrected chi connectivity index (χ4v) is 6.34. The van der Waals surface area contributed by atoms with Crippen LogP contribution in [0.25, 0.3) is 17.1 Å². The first-order valence-electron chi connectivity index (χ1n) is 13.6. The van der Waals surface area contributed by atoms with Gasteiger partial charge in [0.15, 0.2) is 11.0 Å². The van der Waals surface area contributed by atoms with E-state index in [1.54, 1.807) is 11.8 Å². The van der Waals surface area contributed by atoms with Crippen LogP contribution in [-0.4, -0.2) is 44.5 Å². The van der Waals surface area contributed by atoms with Crippen molar-refractivity contribution in [3.63, 3.8) is 0 Å². The Labute approximate surface area is 245 Å². The number of anilines is 1. The molecular formula is C31H28F3N5O2S. The standard InChI is InChI=1S/C31H28F3N5O2S/c1-20-4-3-5-21(2)27(20)38-16-17-42-29(38)36-26(40)18-30(14-15-30)23-8-6-22(7-9-23)28-35-19-39(37-28)24-10-12-25(13-11-24)41-31(32,33)34/h3-13,19H,14-18H2,1-2H3. The van der Waals surface area contributed by atoms with Gasteiger partial charge in [-0.05, 0) is 67.6 Å². The number of ether oxygens (including phenoxy) is 1. The van der Waals surface area contributed by atoms with Crippen LogP contribution in [0.5, 0.6) is 5.75 Å². The number of amides is 1. The average molecular weight is 592 g/mol. The van der Waals surface area contributed by atoms with E-state index in [-0.39, 0.29) is 17.1 Å². The van der Waals surface area contributed by atoms with E-state index in [1.165, 1.54) is 46.4 Å². The number of nitrogens with zero attached hydrogens (tertiary/aromatic N) is 5. The molecule has 7 nitrogen and oxygen atoms in total. The maximum Gasteiger partial charge on any atom is 0.573 e. The molecule has 6 rings (SSSR count). The highest BCUT2D eigenvalue weighted by Crippen LogP contribution is 2.51. The first-order chi connectivity index (χ1) is 20.1. The summed E-state index contributed by atoms with van der Waals surface area (Å²) < 4.78 is 42.7. The number of aryl methyl sites for hydroxylation is 2. The van der Waals surface area contributed by atoms with Gasteiger partial charge in [0.2, 0.25) is 5.91 Å². The van der Waals surface area contributed by atoms with E-state index in [2.05, 4.69) is 50.7 Å². The minimum Gasteiger partial charge on any atom is -0.406 e. The Morgan fingerprint density at radius 2 is 1.71 bits per heavy atom. The summed E-state index contributed by atoms with van der Waals surface area (Å²) in [7, 11) is 0. The van der Waals surface area contributed by atoms with Gasteiger partial charge in [-0.25, -0.2) is 9.67 Å². The van der Waals surface area contributed by atoms with Crippen LogP contribution in [0.3, 0.4) is 0 Å². The van der Waals surface area contributed by atoms with Gasteiger partial charge in [0, 0.05) is 35.4 Å². The topological polar surface area (TPSA) is 72.6 Å². The number of hydrogen-bond donors (Lipinski definition) is 0. The van der Waals surface area contributed by atoms with Crippen LogP contribution in [0.1, 0.15) is 36.0 Å². The molecule has 1 saturated carbocycles. The number of halogens is 3. The molecule has 42 heavy (non-hydrogen) atoms. The number of benzene rings is 3. The zero-order valence-corrected chi connectivity index (χ0v) is 23.9. The Morgan fingerprint density at radius 1 is 1.02 bits per heavy atom. The molecule has 0 spiro atoms. The number of carbonyl (C=O) groups is 1. The number of aromatic nitrogens is 3. The molecule has 2 heterocycles. The molecule has 11 heteroatoms. The molecule has 2 aliphatic rings. The Balaban J connectivity index is 1.13. The van der Waals surface area contributed by atoms with Crippen molar-refractivity contribution >= 4 is 28.5 Å². The predicted molar refractivity (Wildman–Crippen MR) is 157 cm³/mol. The zero-order chi connectivity index (χ0) is 29.5. The molecular weight excluding hydrogens is 563 g/mol. The normalized spacial score (nSPS) is 17.1. The van der Waals surface area contributed by atoms with Crippen molar-refractivity contribution in [2.24, 2.45) is 4.99 Å². The summed E-state index contributed by atoms with van der Waals surface area (Å²) in [5.74, 6) is 0.967. The Kier molecular flexibility index (Phi) is 7.30. The lowest BCUT2D eigenvalue weighted by molar-refractivity contribution is -0.274. The quantitative estimate of drug-likeness (QED) is 0.230. The van der Waals surface area contributed by atoms with E-state index in [9.17, 15) is 18.0 Å². The molecule has 1 saturated heterocycles. The first kappa shape index (κ1) is 28.0. The third-order valence-corrected chi connectivity index (χ3v) is 8.59. The molecule has 2 fully saturated rings. The molecule has 0 atom stereocenters. The van der Waals surface area contributed by atoms with E-state index in [1.807, 2.05) is 30.3 Å². The second kappa shape index (κ2) is 10.9. The minimum atomic E-state index is -4.74. The van der Waals surface area contributed by atoms with Gasteiger partial charge in [-0.2, -0.15) is 4.99 Å². The van der Waals surface area contributed by atoms with Gasteiger partial charge < -0.3 is 9.64 Å². The van der Waals surface area contributed by atoms with Gasteiger partial charge in [-0.1, -0.05) is 54.2 Å². The lowest BCUT2D eigenvalue weighted by Crippen LogP contribution is -2.26. The Bertz CT molecular complexity index is 1620. The Morgan fingerprint density at radius 3 is 2.36 bits per heavy atom. The van der Waals surface area contributed by atoms with Gasteiger partial charge in [-0.3, -0.25) is 4.79 Å². The van der Waals surface area contributed by atoms with E-state index in [0.717, 1.165) is 47.1 Å². The van der Waals surface area contributed by atoms with Crippen molar-refractivity contribution < 1.29 is 22.7 Å². The molecule has 0 unspecified atom stereocenters. The summed E-state index contributed by atoms with van der Waals surface area (Å²) in [4.78, 5) is 24.3. The number of alkyl halides is 3. The number of amidine groups is 1. The predicted octanol–water partition coefficient (Wildman–Crippen LogP) is 7.01. The lowest BCUT2D eigenvalue weighted by Gasteiger charge is -2.22. The fourth-order valence-electron chi connectivity index (χ4n) is 5.38. The summed E-state index contributed by atoms with van der Waals surface area (Å²) in [5.41, 5.74) is 5.70. The molecule has 1 aliphatic carbocycles. The molecule has 3 aromatic carbocycles. The summed E-state index contributed by atoms with van der Waals surface area (Å²) in [6, 6.07) is 19.5. The third-order valence-electron chi connectivity index (χ3n) is 7.63. The summed E-state index contributed by atoms with van der Waals surface area (Å²) >= 11 is 1.62. The minimum absolute atomic E-state index is 0.107. The van der Waals surface area contributed by atoms with Crippen LogP contribution in [-0.2, 0) is 10.2 Å². The monoisotopic (exact) mass is 591 g/mol. The van der Waals surface area contributed by atoms with Crippen LogP contribution in [0.2, 0.25) is 0 Å². The van der Waals surface area contributed by atoms with Gasteiger partial charge in [0.1, 0.15) is 12.1 Å². The molecule has 0 radical (unpaired) electrons. The lowest BCUT2D eigenvalue weighted by atomic mass is 9.91. The van der Waals surface area contributed by atoms with Crippen molar-refractivity contribution in [2.75, 3.05) is 17.2 Å². The number of thioether (sulfide) groups is 1. The van der Waals surface area contributed by atoms with Crippen LogP contribution >= 0.6 is 11.8 Å². The molecule has 1 aliphatic heterocycles. The first-order valence-corrected chi connectivity index (χ1v) is 14.6. The van der Waals surface area contributed by atoms with E-state index < -0.39 is 6.36 Å². The number of carbonyl (C=O) groups excluding carboxylic acids is 1. The van der Waals surface area contributed by atoms with Crippen LogP contribution in [0, 0.1) is 13.8 Å². The van der Waals surface area contributed by atoms with Crippen LogP contribution in [0.15, 0.2) is 78.0 Å². The van der Waals surface area contributed by atoms with Crippen LogP contribution in [0.4, 0.5) is 18.9 Å². The molecule has 4 aromatic rings. The summed E-state index contributed by atoms with van der Waals surface area (Å²) in [6.07, 6.45) is -1.02. The molecule has 0 bridgehead atoms. The van der Waals surface area contributed by atoms with Gasteiger partial charge >= 0.3 is 6.36 Å². The van der Waals surface area contributed by atoms with Gasteiger partial charge in [-0.15, -0.1) is 18.3 Å². The van der Waals surface area contributed by atoms with Crippen molar-refractivity contribution in [1.29, 1.82) is 0 Å². The second-order valence-corrected chi connectivity index (χ2v) is 11.7. The van der Waals surface area contributed by atoms with Crippen molar-refractivity contribution in [3.8, 4) is 22.8 Å². The molecule has 0 N–H and O–H groups in total.